The van der Waals surface area contributed by atoms with E-state index in [1.54, 1.807) is 0 Å². The minimum Gasteiger partial charge on any atom is -0.453 e. The van der Waals surface area contributed by atoms with Gasteiger partial charge in [-0.1, -0.05) is 19.3 Å². The number of amides is 1. The largest absolute Gasteiger partial charge is 0.453 e. The molecule has 1 rings (SSSR count). The van der Waals surface area contributed by atoms with Crippen LogP contribution < -0.4 is 5.32 Å². The molecule has 76 valence electrons. The van der Waals surface area contributed by atoms with Crippen molar-refractivity contribution in [1.29, 1.82) is 0 Å². The SMILES string of the molecule is COC(=O)N[C@H](C)C1CCCCC1. The van der Waals surface area contributed by atoms with Crippen LogP contribution >= 0.6 is 0 Å². The summed E-state index contributed by atoms with van der Waals surface area (Å²) in [5, 5.41) is 2.84. The first-order valence-electron chi connectivity index (χ1n) is 5.08. The van der Waals surface area contributed by atoms with Gasteiger partial charge in [-0.25, -0.2) is 4.79 Å². The van der Waals surface area contributed by atoms with E-state index in [1.807, 2.05) is 0 Å². The second-order valence-electron chi connectivity index (χ2n) is 3.82. The van der Waals surface area contributed by atoms with Crippen molar-refractivity contribution >= 4 is 6.09 Å². The lowest BCUT2D eigenvalue weighted by Crippen LogP contribution is -2.38. The monoisotopic (exact) mass is 185 g/mol. The number of rotatable bonds is 2. The first-order chi connectivity index (χ1) is 6.24. The van der Waals surface area contributed by atoms with Crippen molar-refractivity contribution in [1.82, 2.24) is 5.32 Å². The van der Waals surface area contributed by atoms with Gasteiger partial charge in [0, 0.05) is 6.04 Å². The van der Waals surface area contributed by atoms with E-state index in [2.05, 4.69) is 17.0 Å². The second kappa shape index (κ2) is 5.10. The molecule has 1 N–H and O–H groups in total. The summed E-state index contributed by atoms with van der Waals surface area (Å²) in [7, 11) is 1.41. The highest BCUT2D eigenvalue weighted by atomic mass is 16.5. The molecule has 1 amide bonds. The Labute approximate surface area is 79.8 Å². The third kappa shape index (κ3) is 3.25. The molecule has 0 bridgehead atoms. The van der Waals surface area contributed by atoms with Crippen LogP contribution in [-0.2, 0) is 4.74 Å². The van der Waals surface area contributed by atoms with Crippen LogP contribution in [0.2, 0.25) is 0 Å². The highest BCUT2D eigenvalue weighted by Gasteiger charge is 2.21. The van der Waals surface area contributed by atoms with Gasteiger partial charge in [0.1, 0.15) is 0 Å². The Hall–Kier alpha value is -0.730. The van der Waals surface area contributed by atoms with Crippen LogP contribution in [0.1, 0.15) is 39.0 Å². The topological polar surface area (TPSA) is 38.3 Å². The van der Waals surface area contributed by atoms with Gasteiger partial charge in [-0.2, -0.15) is 0 Å². The molecular weight excluding hydrogens is 166 g/mol. The second-order valence-corrected chi connectivity index (χ2v) is 3.82. The van der Waals surface area contributed by atoms with Gasteiger partial charge in [-0.15, -0.1) is 0 Å². The van der Waals surface area contributed by atoms with Gasteiger partial charge in [0.2, 0.25) is 0 Å². The first kappa shape index (κ1) is 10.4. The Morgan fingerprint density at radius 3 is 2.54 bits per heavy atom. The molecule has 0 aliphatic heterocycles. The van der Waals surface area contributed by atoms with E-state index >= 15 is 0 Å². The molecule has 1 aliphatic carbocycles. The summed E-state index contributed by atoms with van der Waals surface area (Å²) in [6.07, 6.45) is 6.13. The van der Waals surface area contributed by atoms with Crippen molar-refractivity contribution in [3.8, 4) is 0 Å². The van der Waals surface area contributed by atoms with Gasteiger partial charge in [0.15, 0.2) is 0 Å². The Bertz CT molecular complexity index is 164. The fraction of sp³-hybridized carbons (Fsp3) is 0.900. The molecule has 1 aliphatic rings. The van der Waals surface area contributed by atoms with Crippen LogP contribution in [0.4, 0.5) is 4.79 Å². The summed E-state index contributed by atoms with van der Waals surface area (Å²) in [5.41, 5.74) is 0. The molecule has 0 heterocycles. The van der Waals surface area contributed by atoms with E-state index in [9.17, 15) is 4.79 Å². The van der Waals surface area contributed by atoms with Crippen molar-refractivity contribution in [3.63, 3.8) is 0 Å². The molecule has 3 heteroatoms. The van der Waals surface area contributed by atoms with Crippen molar-refractivity contribution in [2.45, 2.75) is 45.1 Å². The molecule has 1 saturated carbocycles. The summed E-state index contributed by atoms with van der Waals surface area (Å²) < 4.78 is 4.56. The summed E-state index contributed by atoms with van der Waals surface area (Å²) in [5.74, 6) is 0.646. The summed E-state index contributed by atoms with van der Waals surface area (Å²) in [6, 6.07) is 0.257. The Morgan fingerprint density at radius 1 is 1.38 bits per heavy atom. The standard InChI is InChI=1S/C10H19NO2/c1-8(11-10(12)13-2)9-6-4-3-5-7-9/h8-9H,3-7H2,1-2H3,(H,11,12)/t8-/m1/s1. The fourth-order valence-corrected chi connectivity index (χ4v) is 2.00. The molecule has 0 unspecified atom stereocenters. The third-order valence-electron chi connectivity index (χ3n) is 2.89. The molecule has 0 saturated heterocycles. The molecule has 0 aromatic rings. The maximum Gasteiger partial charge on any atom is 0.407 e. The number of nitrogens with one attached hydrogen (secondary N) is 1. The molecule has 0 aromatic carbocycles. The minimum atomic E-state index is -0.307. The zero-order valence-electron chi connectivity index (χ0n) is 8.51. The minimum absolute atomic E-state index is 0.257. The first-order valence-corrected chi connectivity index (χ1v) is 5.08. The zero-order chi connectivity index (χ0) is 9.68. The van der Waals surface area contributed by atoms with E-state index in [4.69, 9.17) is 0 Å². The van der Waals surface area contributed by atoms with Crippen LogP contribution in [0.5, 0.6) is 0 Å². The Kier molecular flexibility index (Phi) is 4.06. The highest BCUT2D eigenvalue weighted by molar-refractivity contribution is 5.67. The molecule has 1 atom stereocenters. The van der Waals surface area contributed by atoms with Crippen molar-refractivity contribution in [3.05, 3.63) is 0 Å². The smallest absolute Gasteiger partial charge is 0.407 e. The fourth-order valence-electron chi connectivity index (χ4n) is 2.00. The van der Waals surface area contributed by atoms with Crippen molar-refractivity contribution < 1.29 is 9.53 Å². The molecule has 3 nitrogen and oxygen atoms in total. The summed E-state index contributed by atoms with van der Waals surface area (Å²) in [4.78, 5) is 10.9. The Morgan fingerprint density at radius 2 is 2.00 bits per heavy atom. The lowest BCUT2D eigenvalue weighted by Gasteiger charge is -2.27. The van der Waals surface area contributed by atoms with Crippen LogP contribution in [-0.4, -0.2) is 19.2 Å². The van der Waals surface area contributed by atoms with Crippen molar-refractivity contribution in [2.75, 3.05) is 7.11 Å². The Balaban J connectivity index is 2.28. The number of carbonyl (C=O) groups is 1. The molecule has 1 fully saturated rings. The molecule has 13 heavy (non-hydrogen) atoms. The quantitative estimate of drug-likeness (QED) is 0.717. The maximum absolute atomic E-state index is 10.9. The number of methoxy groups -OCH3 is 1. The summed E-state index contributed by atoms with van der Waals surface area (Å²) in [6.45, 7) is 2.06. The van der Waals surface area contributed by atoms with Gasteiger partial charge >= 0.3 is 6.09 Å². The average molecular weight is 185 g/mol. The number of hydrogen-bond acceptors (Lipinski definition) is 2. The van der Waals surface area contributed by atoms with Crippen LogP contribution in [0.3, 0.4) is 0 Å². The average Bonchev–Trinajstić information content (AvgIpc) is 2.19. The van der Waals surface area contributed by atoms with E-state index in [-0.39, 0.29) is 12.1 Å². The molecule has 0 radical (unpaired) electrons. The molecule has 0 spiro atoms. The van der Waals surface area contributed by atoms with Gasteiger partial charge in [-0.05, 0) is 25.7 Å². The summed E-state index contributed by atoms with van der Waals surface area (Å²) >= 11 is 0. The predicted octanol–water partition coefficient (Wildman–Crippen LogP) is 2.31. The molecular formula is C10H19NO2. The van der Waals surface area contributed by atoms with Gasteiger partial charge in [0.05, 0.1) is 7.11 Å². The third-order valence-corrected chi connectivity index (χ3v) is 2.89. The number of carbonyl (C=O) groups excluding carboxylic acids is 1. The van der Waals surface area contributed by atoms with Crippen molar-refractivity contribution in [2.24, 2.45) is 5.92 Å². The van der Waals surface area contributed by atoms with E-state index < -0.39 is 0 Å². The van der Waals surface area contributed by atoms with Gasteiger partial charge in [0.25, 0.3) is 0 Å². The zero-order valence-corrected chi connectivity index (χ0v) is 8.51. The van der Waals surface area contributed by atoms with E-state index in [0.717, 1.165) is 0 Å². The van der Waals surface area contributed by atoms with E-state index in [1.165, 1.54) is 39.2 Å². The predicted molar refractivity (Wildman–Crippen MR) is 51.6 cm³/mol. The van der Waals surface area contributed by atoms with Gasteiger partial charge in [-0.3, -0.25) is 0 Å². The highest BCUT2D eigenvalue weighted by Crippen LogP contribution is 2.26. The normalized spacial score (nSPS) is 20.8. The molecule has 0 aromatic heterocycles. The van der Waals surface area contributed by atoms with E-state index in [0.29, 0.717) is 5.92 Å². The number of alkyl carbamates (subject to hydrolysis) is 1. The lowest BCUT2D eigenvalue weighted by molar-refractivity contribution is 0.159. The van der Waals surface area contributed by atoms with Crippen LogP contribution in [0.15, 0.2) is 0 Å². The maximum atomic E-state index is 10.9. The van der Waals surface area contributed by atoms with Gasteiger partial charge < -0.3 is 10.1 Å². The van der Waals surface area contributed by atoms with Crippen LogP contribution in [0.25, 0.3) is 0 Å². The van der Waals surface area contributed by atoms with Crippen LogP contribution in [0, 0.1) is 5.92 Å². The number of hydrogen-bond donors (Lipinski definition) is 1. The number of ether oxygens (including phenoxy) is 1. The lowest BCUT2D eigenvalue weighted by atomic mass is 9.85.